The molecule has 4 fully saturated rings. The quantitative estimate of drug-likeness (QED) is 0.427. The number of carboxylic acid groups (broad SMARTS) is 2. The van der Waals surface area contributed by atoms with Crippen LogP contribution in [0.15, 0.2) is 0 Å². The maximum atomic E-state index is 14.3. The predicted molar refractivity (Wildman–Crippen MR) is 137 cm³/mol. The molecule has 2 unspecified atom stereocenters. The van der Waals surface area contributed by atoms with E-state index in [4.69, 9.17) is 0 Å². The van der Waals surface area contributed by atoms with Crippen molar-refractivity contribution in [3.63, 3.8) is 0 Å². The monoisotopic (exact) mass is 504 g/mol. The first-order valence-electron chi connectivity index (χ1n) is 14.0. The summed E-state index contributed by atoms with van der Waals surface area (Å²) in [5.41, 5.74) is -2.87. The van der Waals surface area contributed by atoms with Gasteiger partial charge in [-0.2, -0.15) is 0 Å². The van der Waals surface area contributed by atoms with Crippen LogP contribution < -0.4 is 0 Å². The maximum absolute atomic E-state index is 14.3. The van der Waals surface area contributed by atoms with Gasteiger partial charge in [0.2, 0.25) is 0 Å². The minimum absolute atomic E-state index is 0.00841. The SMILES string of the molecule is CC1(C)CC[C@]2(C(=O)O)CC[C@]3(C)C(C(=O)CC4[C@@](C)(CCC(=O)O)[C@H](C(C)(C)O)CC[C@]43C)[C@@H]2C1. The second-order valence-corrected chi connectivity index (χ2v) is 15.1. The molecule has 4 saturated carbocycles. The Balaban J connectivity index is 1.82. The fraction of sp³-hybridized carbons (Fsp3) is 0.900. The number of hydrogen-bond donors (Lipinski definition) is 3. The zero-order valence-electron chi connectivity index (χ0n) is 23.4. The second kappa shape index (κ2) is 8.28. The van der Waals surface area contributed by atoms with Gasteiger partial charge in [-0.1, -0.05) is 34.6 Å². The van der Waals surface area contributed by atoms with Gasteiger partial charge >= 0.3 is 11.9 Å². The normalized spacial score (nSPS) is 46.3. The average Bonchev–Trinajstić information content (AvgIpc) is 2.72. The summed E-state index contributed by atoms with van der Waals surface area (Å²) in [5.74, 6) is -2.01. The van der Waals surface area contributed by atoms with Crippen molar-refractivity contribution < 1.29 is 29.7 Å². The lowest BCUT2D eigenvalue weighted by Gasteiger charge is -2.71. The summed E-state index contributed by atoms with van der Waals surface area (Å²) in [5, 5.41) is 31.2. The standard InChI is InChI=1S/C30H48O6/c1-25(2)12-14-30(24(34)35)15-13-29(7)23(18(30)17-25)19(31)16-21-27(5,10-9-22(32)33)20(26(3,4)36)8-11-28(21,29)6/h18,20-21,23,36H,8-17H2,1-7H3,(H,32,33)(H,34,35)/t18-,20-,21?,23?,27-,28+,29+,30-/m0/s1. The minimum atomic E-state index is -0.978. The number of aliphatic carboxylic acids is 2. The van der Waals surface area contributed by atoms with Gasteiger partial charge in [-0.05, 0) is 105 Å². The molecule has 204 valence electrons. The third kappa shape index (κ3) is 3.79. The highest BCUT2D eigenvalue weighted by atomic mass is 16.4. The molecule has 0 amide bonds. The van der Waals surface area contributed by atoms with Crippen LogP contribution in [0.3, 0.4) is 0 Å². The van der Waals surface area contributed by atoms with Crippen LogP contribution in [0.1, 0.15) is 113 Å². The summed E-state index contributed by atoms with van der Waals surface area (Å²) in [4.78, 5) is 38.7. The number of hydrogen-bond acceptors (Lipinski definition) is 4. The van der Waals surface area contributed by atoms with Crippen LogP contribution in [-0.4, -0.2) is 38.6 Å². The van der Waals surface area contributed by atoms with E-state index in [1.807, 2.05) is 13.8 Å². The molecule has 0 heterocycles. The largest absolute Gasteiger partial charge is 0.481 e. The van der Waals surface area contributed by atoms with Gasteiger partial charge in [0, 0.05) is 18.8 Å². The molecule has 6 heteroatoms. The highest BCUT2D eigenvalue weighted by Crippen LogP contribution is 2.75. The zero-order chi connectivity index (χ0) is 27.1. The molecule has 6 nitrogen and oxygen atoms in total. The van der Waals surface area contributed by atoms with Gasteiger partial charge in [0.1, 0.15) is 5.78 Å². The molecule has 0 aliphatic heterocycles. The Morgan fingerprint density at radius 1 is 0.944 bits per heavy atom. The fourth-order valence-corrected chi connectivity index (χ4v) is 10.3. The number of aliphatic hydroxyl groups is 1. The van der Waals surface area contributed by atoms with E-state index in [0.717, 1.165) is 25.7 Å². The van der Waals surface area contributed by atoms with Crippen molar-refractivity contribution in [1.29, 1.82) is 0 Å². The predicted octanol–water partition coefficient (Wildman–Crippen LogP) is 5.95. The molecule has 0 spiro atoms. The van der Waals surface area contributed by atoms with Crippen LogP contribution in [0, 0.1) is 50.7 Å². The van der Waals surface area contributed by atoms with E-state index in [1.165, 1.54) is 0 Å². The number of carboxylic acids is 2. The smallest absolute Gasteiger partial charge is 0.309 e. The van der Waals surface area contributed by atoms with E-state index < -0.39 is 28.4 Å². The summed E-state index contributed by atoms with van der Waals surface area (Å²) in [6.45, 7) is 14.7. The van der Waals surface area contributed by atoms with E-state index in [1.54, 1.807) is 0 Å². The van der Waals surface area contributed by atoms with E-state index in [9.17, 15) is 29.7 Å². The van der Waals surface area contributed by atoms with Crippen molar-refractivity contribution in [2.75, 3.05) is 0 Å². The van der Waals surface area contributed by atoms with Crippen LogP contribution >= 0.6 is 0 Å². The number of Topliss-reactive ketones (excluding diaryl/α,β-unsaturated/α-hetero) is 1. The van der Waals surface area contributed by atoms with Gasteiger partial charge in [-0.25, -0.2) is 0 Å². The Hall–Kier alpha value is -1.43. The van der Waals surface area contributed by atoms with Crippen molar-refractivity contribution >= 4 is 17.7 Å². The first kappa shape index (κ1) is 27.6. The van der Waals surface area contributed by atoms with E-state index in [-0.39, 0.29) is 52.1 Å². The highest BCUT2D eigenvalue weighted by molar-refractivity contribution is 5.86. The summed E-state index contributed by atoms with van der Waals surface area (Å²) < 4.78 is 0. The lowest BCUT2D eigenvalue weighted by molar-refractivity contribution is -0.237. The molecule has 0 bridgehead atoms. The molecular formula is C30H48O6. The molecule has 0 aromatic carbocycles. The number of carbonyl (C=O) groups is 3. The van der Waals surface area contributed by atoms with E-state index in [0.29, 0.717) is 32.1 Å². The topological polar surface area (TPSA) is 112 Å². The lowest BCUT2D eigenvalue weighted by atomic mass is 9.32. The van der Waals surface area contributed by atoms with Gasteiger partial charge in [0.05, 0.1) is 11.0 Å². The van der Waals surface area contributed by atoms with Crippen molar-refractivity contribution in [2.45, 2.75) is 118 Å². The van der Waals surface area contributed by atoms with Crippen molar-refractivity contribution in [2.24, 2.45) is 50.7 Å². The fourth-order valence-electron chi connectivity index (χ4n) is 10.3. The zero-order valence-corrected chi connectivity index (χ0v) is 23.4. The van der Waals surface area contributed by atoms with Crippen LogP contribution in [0.5, 0.6) is 0 Å². The molecule has 0 saturated heterocycles. The van der Waals surface area contributed by atoms with Crippen LogP contribution in [0.2, 0.25) is 0 Å². The van der Waals surface area contributed by atoms with Gasteiger partial charge in [0.25, 0.3) is 0 Å². The lowest BCUT2D eigenvalue weighted by Crippen LogP contribution is -2.69. The van der Waals surface area contributed by atoms with Crippen LogP contribution in [0.4, 0.5) is 0 Å². The summed E-state index contributed by atoms with van der Waals surface area (Å²) >= 11 is 0. The molecule has 4 aliphatic rings. The maximum Gasteiger partial charge on any atom is 0.309 e. The summed E-state index contributed by atoms with van der Waals surface area (Å²) in [7, 11) is 0. The molecule has 4 rings (SSSR count). The van der Waals surface area contributed by atoms with Crippen molar-refractivity contribution in [3.05, 3.63) is 0 Å². The van der Waals surface area contributed by atoms with Gasteiger partial charge in [0.15, 0.2) is 0 Å². The van der Waals surface area contributed by atoms with Gasteiger partial charge in [-0.3, -0.25) is 14.4 Å². The molecule has 0 aromatic rings. The van der Waals surface area contributed by atoms with Crippen LogP contribution in [-0.2, 0) is 14.4 Å². The van der Waals surface area contributed by atoms with E-state index in [2.05, 4.69) is 34.6 Å². The summed E-state index contributed by atoms with van der Waals surface area (Å²) in [6, 6.07) is 0. The second-order valence-electron chi connectivity index (χ2n) is 15.1. The Labute approximate surface area is 216 Å². The van der Waals surface area contributed by atoms with Crippen molar-refractivity contribution in [3.8, 4) is 0 Å². The number of carbonyl (C=O) groups excluding carboxylic acids is 1. The van der Waals surface area contributed by atoms with Gasteiger partial charge < -0.3 is 15.3 Å². The Morgan fingerprint density at radius 2 is 1.56 bits per heavy atom. The highest BCUT2D eigenvalue weighted by Gasteiger charge is 2.72. The Kier molecular flexibility index (Phi) is 6.35. The third-order valence-corrected chi connectivity index (χ3v) is 12.4. The Morgan fingerprint density at radius 3 is 2.11 bits per heavy atom. The number of fused-ring (bicyclic) bond motifs is 5. The first-order valence-corrected chi connectivity index (χ1v) is 14.0. The molecule has 8 atom stereocenters. The molecule has 3 N–H and O–H groups in total. The van der Waals surface area contributed by atoms with Crippen molar-refractivity contribution in [1.82, 2.24) is 0 Å². The molecular weight excluding hydrogens is 456 g/mol. The first-order chi connectivity index (χ1) is 16.3. The molecule has 4 aliphatic carbocycles. The minimum Gasteiger partial charge on any atom is -0.481 e. The summed E-state index contributed by atoms with van der Waals surface area (Å²) in [6.07, 6.45) is 6.03. The number of ketones is 1. The van der Waals surface area contributed by atoms with Gasteiger partial charge in [-0.15, -0.1) is 0 Å². The average molecular weight is 505 g/mol. The molecule has 0 aromatic heterocycles. The number of rotatable bonds is 5. The Bertz CT molecular complexity index is 948. The third-order valence-electron chi connectivity index (χ3n) is 12.4. The van der Waals surface area contributed by atoms with E-state index >= 15 is 0 Å². The molecule has 36 heavy (non-hydrogen) atoms. The van der Waals surface area contributed by atoms with Crippen LogP contribution in [0.25, 0.3) is 0 Å². The molecule has 0 radical (unpaired) electrons.